The van der Waals surface area contributed by atoms with E-state index >= 15 is 0 Å². The normalized spacial score (nSPS) is 15.0. The molecule has 0 fully saturated rings. The van der Waals surface area contributed by atoms with Crippen molar-refractivity contribution in [1.29, 1.82) is 0 Å². The van der Waals surface area contributed by atoms with Gasteiger partial charge in [-0.2, -0.15) is 0 Å². The van der Waals surface area contributed by atoms with Crippen molar-refractivity contribution >= 4 is 6.29 Å². The highest BCUT2D eigenvalue weighted by Gasteiger charge is 2.20. The van der Waals surface area contributed by atoms with E-state index in [-0.39, 0.29) is 0 Å². The van der Waals surface area contributed by atoms with Gasteiger partial charge in [-0.25, -0.2) is 0 Å². The van der Waals surface area contributed by atoms with Crippen molar-refractivity contribution in [2.75, 3.05) is 0 Å². The fourth-order valence-electron chi connectivity index (χ4n) is 1.05. The fraction of sp³-hybridized carbons (Fsp3) is 0.300. The Balaban J connectivity index is 2.98. The van der Waals surface area contributed by atoms with E-state index in [9.17, 15) is 9.90 Å². The Kier molecular flexibility index (Phi) is 2.80. The Morgan fingerprint density at radius 2 is 2.00 bits per heavy atom. The highest BCUT2D eigenvalue weighted by Crippen LogP contribution is 2.18. The van der Waals surface area contributed by atoms with Crippen LogP contribution >= 0.6 is 0 Å². The maximum atomic E-state index is 10.3. The van der Waals surface area contributed by atoms with Gasteiger partial charge in [0.05, 0.1) is 0 Å². The SMILES string of the molecule is CCC(N)(O)c1ccc(C=O)cc1. The van der Waals surface area contributed by atoms with Crippen LogP contribution in [0, 0.1) is 0 Å². The molecule has 1 rings (SSSR count). The summed E-state index contributed by atoms with van der Waals surface area (Å²) in [6.45, 7) is 1.80. The first-order valence-corrected chi connectivity index (χ1v) is 4.17. The summed E-state index contributed by atoms with van der Waals surface area (Å²) >= 11 is 0. The largest absolute Gasteiger partial charge is 0.372 e. The first-order valence-electron chi connectivity index (χ1n) is 4.17. The second-order valence-electron chi connectivity index (χ2n) is 3.02. The van der Waals surface area contributed by atoms with Gasteiger partial charge in [0.25, 0.3) is 0 Å². The Morgan fingerprint density at radius 1 is 1.46 bits per heavy atom. The third-order valence-electron chi connectivity index (χ3n) is 2.09. The first kappa shape index (κ1) is 9.89. The molecule has 0 radical (unpaired) electrons. The molecule has 0 saturated carbocycles. The summed E-state index contributed by atoms with van der Waals surface area (Å²) in [5, 5.41) is 9.65. The summed E-state index contributed by atoms with van der Waals surface area (Å²) in [4.78, 5) is 10.3. The van der Waals surface area contributed by atoms with Crippen LogP contribution in [-0.2, 0) is 5.72 Å². The Bertz CT molecular complexity index is 290. The van der Waals surface area contributed by atoms with E-state index in [0.717, 1.165) is 6.29 Å². The number of nitrogens with two attached hydrogens (primary N) is 1. The lowest BCUT2D eigenvalue weighted by Crippen LogP contribution is -2.35. The molecular formula is C10H13NO2. The number of aldehydes is 1. The molecule has 0 aliphatic heterocycles. The standard InChI is InChI=1S/C10H13NO2/c1-2-10(11,13)9-5-3-8(7-12)4-6-9/h3-7,13H,2,11H2,1H3. The van der Waals surface area contributed by atoms with Crippen LogP contribution in [0.5, 0.6) is 0 Å². The summed E-state index contributed by atoms with van der Waals surface area (Å²) in [6, 6.07) is 6.59. The van der Waals surface area contributed by atoms with Crippen molar-refractivity contribution in [1.82, 2.24) is 0 Å². The maximum absolute atomic E-state index is 10.3. The number of rotatable bonds is 3. The van der Waals surface area contributed by atoms with E-state index in [0.29, 0.717) is 17.5 Å². The Morgan fingerprint density at radius 3 is 2.38 bits per heavy atom. The van der Waals surface area contributed by atoms with Gasteiger partial charge >= 0.3 is 0 Å². The van der Waals surface area contributed by atoms with Crippen LogP contribution in [0.4, 0.5) is 0 Å². The number of hydrogen-bond acceptors (Lipinski definition) is 3. The molecule has 0 aromatic heterocycles. The summed E-state index contributed by atoms with van der Waals surface area (Å²) in [7, 11) is 0. The number of hydrogen-bond donors (Lipinski definition) is 2. The van der Waals surface area contributed by atoms with Crippen LogP contribution in [0.2, 0.25) is 0 Å². The van der Waals surface area contributed by atoms with Gasteiger partial charge in [-0.1, -0.05) is 31.2 Å². The van der Waals surface area contributed by atoms with Crippen LogP contribution < -0.4 is 5.73 Å². The molecular weight excluding hydrogens is 166 g/mol. The van der Waals surface area contributed by atoms with E-state index in [1.807, 2.05) is 0 Å². The zero-order valence-electron chi connectivity index (χ0n) is 7.53. The average Bonchev–Trinajstić information content (AvgIpc) is 2.18. The van der Waals surface area contributed by atoms with Gasteiger partial charge in [-0.3, -0.25) is 10.5 Å². The van der Waals surface area contributed by atoms with Gasteiger partial charge in [0.15, 0.2) is 0 Å². The topological polar surface area (TPSA) is 63.3 Å². The third kappa shape index (κ3) is 2.14. The van der Waals surface area contributed by atoms with Gasteiger partial charge in [0, 0.05) is 5.56 Å². The summed E-state index contributed by atoms with van der Waals surface area (Å²) in [6.07, 6.45) is 1.19. The van der Waals surface area contributed by atoms with Gasteiger partial charge in [0.1, 0.15) is 12.0 Å². The van der Waals surface area contributed by atoms with E-state index in [2.05, 4.69) is 0 Å². The molecule has 0 aliphatic carbocycles. The number of aliphatic hydroxyl groups is 1. The molecule has 1 aromatic carbocycles. The molecule has 1 unspecified atom stereocenters. The molecule has 0 spiro atoms. The zero-order chi connectivity index (χ0) is 9.90. The van der Waals surface area contributed by atoms with Gasteiger partial charge < -0.3 is 5.11 Å². The number of carbonyl (C=O) groups excluding carboxylic acids is 1. The minimum Gasteiger partial charge on any atom is -0.372 e. The highest BCUT2D eigenvalue weighted by atomic mass is 16.3. The van der Waals surface area contributed by atoms with Crippen molar-refractivity contribution in [3.8, 4) is 0 Å². The molecule has 70 valence electrons. The summed E-state index contributed by atoms with van der Waals surface area (Å²) in [5.41, 5.74) is 5.51. The lowest BCUT2D eigenvalue weighted by atomic mass is 10.0. The van der Waals surface area contributed by atoms with E-state index < -0.39 is 5.72 Å². The Labute approximate surface area is 77.2 Å². The van der Waals surface area contributed by atoms with E-state index in [4.69, 9.17) is 5.73 Å². The molecule has 1 atom stereocenters. The Hall–Kier alpha value is -1.19. The summed E-state index contributed by atoms with van der Waals surface area (Å²) in [5.74, 6) is 0. The predicted molar refractivity (Wildman–Crippen MR) is 50.2 cm³/mol. The molecule has 0 aliphatic rings. The molecule has 0 heterocycles. The van der Waals surface area contributed by atoms with Crippen LogP contribution in [0.1, 0.15) is 29.3 Å². The minimum absolute atomic E-state index is 0.438. The second kappa shape index (κ2) is 3.68. The third-order valence-corrected chi connectivity index (χ3v) is 2.09. The molecule has 3 heteroatoms. The van der Waals surface area contributed by atoms with Crippen molar-refractivity contribution in [3.05, 3.63) is 35.4 Å². The van der Waals surface area contributed by atoms with Gasteiger partial charge in [0.2, 0.25) is 0 Å². The predicted octanol–water partition coefficient (Wildman–Crippen LogP) is 1.01. The smallest absolute Gasteiger partial charge is 0.150 e. The van der Waals surface area contributed by atoms with Gasteiger partial charge in [-0.05, 0) is 12.0 Å². The van der Waals surface area contributed by atoms with Crippen LogP contribution in [0.3, 0.4) is 0 Å². The first-order chi connectivity index (χ1) is 6.10. The molecule has 1 aromatic rings. The average molecular weight is 179 g/mol. The highest BCUT2D eigenvalue weighted by molar-refractivity contribution is 5.74. The molecule has 0 bridgehead atoms. The van der Waals surface area contributed by atoms with Crippen LogP contribution in [0.25, 0.3) is 0 Å². The zero-order valence-corrected chi connectivity index (χ0v) is 7.53. The number of benzene rings is 1. The van der Waals surface area contributed by atoms with E-state index in [1.165, 1.54) is 0 Å². The molecule has 3 nitrogen and oxygen atoms in total. The fourth-order valence-corrected chi connectivity index (χ4v) is 1.05. The molecule has 0 saturated heterocycles. The lowest BCUT2D eigenvalue weighted by molar-refractivity contribution is 0.0394. The van der Waals surface area contributed by atoms with Crippen molar-refractivity contribution in [2.45, 2.75) is 19.1 Å². The van der Waals surface area contributed by atoms with Crippen molar-refractivity contribution in [3.63, 3.8) is 0 Å². The van der Waals surface area contributed by atoms with E-state index in [1.54, 1.807) is 31.2 Å². The maximum Gasteiger partial charge on any atom is 0.150 e. The van der Waals surface area contributed by atoms with Crippen molar-refractivity contribution in [2.24, 2.45) is 5.73 Å². The molecule has 0 amide bonds. The van der Waals surface area contributed by atoms with Crippen LogP contribution in [0.15, 0.2) is 24.3 Å². The molecule has 13 heavy (non-hydrogen) atoms. The van der Waals surface area contributed by atoms with Gasteiger partial charge in [-0.15, -0.1) is 0 Å². The van der Waals surface area contributed by atoms with Crippen molar-refractivity contribution < 1.29 is 9.90 Å². The summed E-state index contributed by atoms with van der Waals surface area (Å²) < 4.78 is 0. The monoisotopic (exact) mass is 179 g/mol. The lowest BCUT2D eigenvalue weighted by Gasteiger charge is -2.21. The second-order valence-corrected chi connectivity index (χ2v) is 3.02. The van der Waals surface area contributed by atoms with Crippen LogP contribution in [-0.4, -0.2) is 11.4 Å². The number of carbonyl (C=O) groups is 1. The molecule has 3 N–H and O–H groups in total. The quantitative estimate of drug-likeness (QED) is 0.537. The minimum atomic E-state index is -1.29.